The Hall–Kier alpha value is -0.890. The average molecular weight is 277 g/mol. The summed E-state index contributed by atoms with van der Waals surface area (Å²) in [6, 6.07) is 7.62. The largest absolute Gasteiger partial charge is 0.314 e. The number of halogens is 1. The van der Waals surface area contributed by atoms with Crippen molar-refractivity contribution in [2.24, 2.45) is 5.92 Å². The van der Waals surface area contributed by atoms with Crippen molar-refractivity contribution >= 4 is 0 Å². The zero-order chi connectivity index (χ0) is 14.2. The van der Waals surface area contributed by atoms with E-state index in [1.165, 1.54) is 44.9 Å². The lowest BCUT2D eigenvalue weighted by atomic mass is 9.90. The van der Waals surface area contributed by atoms with Crippen molar-refractivity contribution < 1.29 is 4.39 Å². The molecule has 1 fully saturated rings. The molecule has 1 aliphatic carbocycles. The third kappa shape index (κ3) is 4.90. The van der Waals surface area contributed by atoms with Gasteiger partial charge in [0.05, 0.1) is 0 Å². The van der Waals surface area contributed by atoms with Crippen LogP contribution in [0, 0.1) is 11.7 Å². The van der Waals surface area contributed by atoms with Gasteiger partial charge in [-0.3, -0.25) is 0 Å². The third-order valence-corrected chi connectivity index (χ3v) is 4.51. The molecule has 0 aromatic heterocycles. The molecule has 1 saturated carbocycles. The van der Waals surface area contributed by atoms with E-state index in [-0.39, 0.29) is 5.82 Å². The fourth-order valence-corrected chi connectivity index (χ4v) is 3.46. The first-order valence-electron chi connectivity index (χ1n) is 8.26. The van der Waals surface area contributed by atoms with Crippen LogP contribution in [-0.2, 0) is 6.42 Å². The summed E-state index contributed by atoms with van der Waals surface area (Å²) in [5.41, 5.74) is 0.854. The lowest BCUT2D eigenvalue weighted by molar-refractivity contribution is 0.351. The summed E-state index contributed by atoms with van der Waals surface area (Å²) in [6.07, 6.45) is 10.3. The van der Waals surface area contributed by atoms with Gasteiger partial charge in [0.15, 0.2) is 0 Å². The van der Waals surface area contributed by atoms with E-state index in [9.17, 15) is 4.39 Å². The van der Waals surface area contributed by atoms with Gasteiger partial charge >= 0.3 is 0 Å². The molecule has 0 heterocycles. The maximum absolute atomic E-state index is 13.8. The lowest BCUT2D eigenvalue weighted by Gasteiger charge is -2.23. The van der Waals surface area contributed by atoms with Gasteiger partial charge in [-0.2, -0.15) is 0 Å². The molecule has 0 radical (unpaired) electrons. The summed E-state index contributed by atoms with van der Waals surface area (Å²) in [5, 5.41) is 3.56. The van der Waals surface area contributed by atoms with Crippen LogP contribution in [0.4, 0.5) is 4.39 Å². The zero-order valence-electron chi connectivity index (χ0n) is 12.7. The van der Waals surface area contributed by atoms with Gasteiger partial charge in [0.1, 0.15) is 5.82 Å². The summed E-state index contributed by atoms with van der Waals surface area (Å²) < 4.78 is 13.8. The summed E-state index contributed by atoms with van der Waals surface area (Å²) >= 11 is 0. The van der Waals surface area contributed by atoms with Gasteiger partial charge in [-0.1, -0.05) is 63.6 Å². The van der Waals surface area contributed by atoms with E-state index in [0.717, 1.165) is 24.4 Å². The van der Waals surface area contributed by atoms with E-state index < -0.39 is 0 Å². The van der Waals surface area contributed by atoms with E-state index in [2.05, 4.69) is 12.2 Å². The number of hydrogen-bond donors (Lipinski definition) is 1. The molecule has 1 atom stereocenters. The van der Waals surface area contributed by atoms with Gasteiger partial charge in [-0.05, 0) is 36.9 Å². The predicted molar refractivity (Wildman–Crippen MR) is 83.4 cm³/mol. The molecule has 0 spiro atoms. The highest BCUT2D eigenvalue weighted by atomic mass is 19.1. The highest BCUT2D eigenvalue weighted by Gasteiger charge is 2.18. The molecule has 1 aliphatic rings. The van der Waals surface area contributed by atoms with Crippen molar-refractivity contribution in [1.29, 1.82) is 0 Å². The molecule has 2 heteroatoms. The van der Waals surface area contributed by atoms with Gasteiger partial charge in [0.2, 0.25) is 0 Å². The molecule has 0 amide bonds. The minimum atomic E-state index is -0.0590. The van der Waals surface area contributed by atoms with E-state index in [1.54, 1.807) is 12.1 Å². The average Bonchev–Trinajstić information content (AvgIpc) is 2.70. The number of benzene rings is 1. The van der Waals surface area contributed by atoms with Crippen molar-refractivity contribution in [1.82, 2.24) is 5.32 Å². The van der Waals surface area contributed by atoms with Gasteiger partial charge in [0.25, 0.3) is 0 Å². The number of likely N-dealkylation sites (N-methyl/N-ethyl adjacent to an activating group) is 1. The molecule has 2 rings (SSSR count). The highest BCUT2D eigenvalue weighted by molar-refractivity contribution is 5.18. The normalized spacial score (nSPS) is 18.7. The predicted octanol–water partition coefficient (Wildman–Crippen LogP) is 4.71. The van der Waals surface area contributed by atoms with Crippen molar-refractivity contribution in [3.63, 3.8) is 0 Å². The Balaban J connectivity index is 1.94. The van der Waals surface area contributed by atoms with Gasteiger partial charge < -0.3 is 5.32 Å². The molecule has 0 bridgehead atoms. The summed E-state index contributed by atoms with van der Waals surface area (Å²) in [5.74, 6) is 0.768. The lowest BCUT2D eigenvalue weighted by Crippen LogP contribution is -2.33. The van der Waals surface area contributed by atoms with Crippen LogP contribution in [0.1, 0.15) is 57.4 Å². The number of nitrogens with one attached hydrogen (secondary N) is 1. The van der Waals surface area contributed by atoms with Crippen molar-refractivity contribution in [3.05, 3.63) is 35.6 Å². The molecule has 1 aromatic rings. The second kappa shape index (κ2) is 8.41. The van der Waals surface area contributed by atoms with Gasteiger partial charge in [-0.25, -0.2) is 4.39 Å². The first kappa shape index (κ1) is 15.5. The summed E-state index contributed by atoms with van der Waals surface area (Å²) in [6.45, 7) is 3.10. The molecule has 1 aromatic carbocycles. The van der Waals surface area contributed by atoms with E-state index in [1.807, 2.05) is 12.1 Å². The Labute approximate surface area is 123 Å². The fraction of sp³-hybridized carbons (Fsp3) is 0.667. The smallest absolute Gasteiger partial charge is 0.126 e. The monoisotopic (exact) mass is 277 g/mol. The molecule has 0 aliphatic heterocycles. The quantitative estimate of drug-likeness (QED) is 0.743. The van der Waals surface area contributed by atoms with Crippen LogP contribution in [0.3, 0.4) is 0 Å². The van der Waals surface area contributed by atoms with Crippen molar-refractivity contribution in [2.45, 2.75) is 64.3 Å². The van der Waals surface area contributed by atoms with E-state index in [0.29, 0.717) is 6.04 Å². The number of hydrogen-bond acceptors (Lipinski definition) is 1. The van der Waals surface area contributed by atoms with Crippen LogP contribution >= 0.6 is 0 Å². The summed E-state index contributed by atoms with van der Waals surface area (Å²) in [7, 11) is 0. The molecule has 0 saturated heterocycles. The Bertz CT molecular complexity index is 383. The molecule has 20 heavy (non-hydrogen) atoms. The zero-order valence-corrected chi connectivity index (χ0v) is 12.7. The van der Waals surface area contributed by atoms with E-state index in [4.69, 9.17) is 0 Å². The fourth-order valence-electron chi connectivity index (χ4n) is 3.46. The highest BCUT2D eigenvalue weighted by Crippen LogP contribution is 2.27. The molecule has 1 unspecified atom stereocenters. The minimum Gasteiger partial charge on any atom is -0.314 e. The SMILES string of the molecule is CCNC(Cc1ccccc1F)CC1CCCCCC1. The Kier molecular flexibility index (Phi) is 6.52. The van der Waals surface area contributed by atoms with Gasteiger partial charge in [-0.15, -0.1) is 0 Å². The first-order chi connectivity index (χ1) is 9.79. The van der Waals surface area contributed by atoms with Crippen molar-refractivity contribution in [3.8, 4) is 0 Å². The molecular weight excluding hydrogens is 249 g/mol. The van der Waals surface area contributed by atoms with Crippen LogP contribution in [0.15, 0.2) is 24.3 Å². The van der Waals surface area contributed by atoms with Gasteiger partial charge in [0, 0.05) is 6.04 Å². The maximum Gasteiger partial charge on any atom is 0.126 e. The van der Waals surface area contributed by atoms with Crippen molar-refractivity contribution in [2.75, 3.05) is 6.54 Å². The van der Waals surface area contributed by atoms with E-state index >= 15 is 0 Å². The van der Waals surface area contributed by atoms with Crippen LogP contribution in [0.2, 0.25) is 0 Å². The second-order valence-electron chi connectivity index (χ2n) is 6.14. The topological polar surface area (TPSA) is 12.0 Å². The second-order valence-corrected chi connectivity index (χ2v) is 6.14. The molecular formula is C18H28FN. The van der Waals surface area contributed by atoms with Crippen LogP contribution in [-0.4, -0.2) is 12.6 Å². The Morgan fingerprint density at radius 2 is 1.85 bits per heavy atom. The first-order valence-corrected chi connectivity index (χ1v) is 8.26. The maximum atomic E-state index is 13.8. The third-order valence-electron chi connectivity index (χ3n) is 4.51. The Morgan fingerprint density at radius 3 is 2.50 bits per heavy atom. The standard InChI is InChI=1S/C18H28FN/c1-2-20-17(13-15-9-5-3-4-6-10-15)14-16-11-7-8-12-18(16)19/h7-8,11-12,15,17,20H,2-6,9-10,13-14H2,1H3. The Morgan fingerprint density at radius 1 is 1.15 bits per heavy atom. The minimum absolute atomic E-state index is 0.0590. The molecule has 1 N–H and O–H groups in total. The summed E-state index contributed by atoms with van der Waals surface area (Å²) in [4.78, 5) is 0. The van der Waals surface area contributed by atoms with Crippen LogP contribution in [0.5, 0.6) is 0 Å². The van der Waals surface area contributed by atoms with Crippen LogP contribution < -0.4 is 5.32 Å². The number of rotatable bonds is 6. The molecule has 112 valence electrons. The van der Waals surface area contributed by atoms with Crippen LogP contribution in [0.25, 0.3) is 0 Å². The molecule has 1 nitrogen and oxygen atoms in total.